The molecule has 12 aliphatic rings. The number of amides is 3. The Bertz CT molecular complexity index is 5240. The number of hydrogen-bond acceptors (Lipinski definition) is 25. The summed E-state index contributed by atoms with van der Waals surface area (Å²) in [6.45, 7) is 19.3. The number of aromatic nitrogens is 6. The number of rotatable bonds is 28. The van der Waals surface area contributed by atoms with Gasteiger partial charge in [0.15, 0.2) is 17.5 Å². The molecule has 7 aromatic rings. The van der Waals surface area contributed by atoms with Crippen molar-refractivity contribution >= 4 is 54.0 Å². The predicted molar refractivity (Wildman–Crippen MR) is 486 cm³/mol. The van der Waals surface area contributed by atoms with Crippen LogP contribution in [0.5, 0.6) is 0 Å². The molecule has 16 atom stereocenters. The number of esters is 2. The molecule has 3 amide bonds. The van der Waals surface area contributed by atoms with Crippen LogP contribution in [0.3, 0.4) is 0 Å². The van der Waals surface area contributed by atoms with Gasteiger partial charge in [-0.1, -0.05) is 142 Å². The van der Waals surface area contributed by atoms with Crippen LogP contribution in [0.4, 0.5) is 14.4 Å². The van der Waals surface area contributed by atoms with Crippen molar-refractivity contribution < 1.29 is 96.1 Å². The first kappa shape index (κ1) is 96.3. The van der Waals surface area contributed by atoms with Crippen molar-refractivity contribution in [1.29, 1.82) is 0 Å². The molecular weight excluding hydrogens is 1700 g/mol. The molecule has 0 radical (unpaired) electrons. The van der Waals surface area contributed by atoms with Gasteiger partial charge in [0.05, 0.1) is 54.6 Å². The summed E-state index contributed by atoms with van der Waals surface area (Å²) in [6.07, 6.45) is 18.4. The van der Waals surface area contributed by atoms with E-state index >= 15 is 0 Å². The van der Waals surface area contributed by atoms with E-state index in [1.54, 1.807) is 4.90 Å². The third-order valence-corrected chi connectivity index (χ3v) is 28.9. The molecule has 0 spiro atoms. The van der Waals surface area contributed by atoms with E-state index < -0.39 is 40.1 Å². The number of methoxy groups -OCH3 is 2. The molecule has 4 unspecified atom stereocenters. The Labute approximate surface area is 776 Å². The van der Waals surface area contributed by atoms with E-state index in [1.807, 2.05) is 127 Å². The number of nitrogens with two attached hydrogens (primary N) is 1. The zero-order valence-corrected chi connectivity index (χ0v) is 78.5. The Kier molecular flexibility index (Phi) is 28.7. The standard InChI is InChI=1S/C27H35N3O5.C26H33N3O5.C21H25N3O3.C19H27N3O3.C8H12O4/c1-26(2,3)34-25(32)30(21-15-20(21)17-8-6-5-7-9-17)16-27(12-13-27)24-28-22(35-29-24)18-10-11-19(14-18)23(31)33-4;1-25(2,3)33-24(32)29(20-14-19(20)16-7-5-4-6-8-16)15-26(11-12-26)23-27-21(34-28-23)17-9-10-18(13-17)22(30)31;25-19(26)15-7-6-14(10-15)18-23-20(24-27-18)21(8-9-21)12-22-17-11-16(17)13-4-2-1-3-5-13;1-18(2,3)25-17(23)22(12-19(9-10-19)16(20)21-24)15-11-14(15)13-7-5-4-6-8-13;1-12-8(11)6-3-2-5(4-6)7(9)10/h5-9,18-21H,10-16H2,1-4H3;4-8,17-20H,9-15H2,1-3H3,(H,30,31);1-5,14-17,22H,6-12H2,(H,25,26);4-8,14-15,24H,9-12H2,1-3H3,(H2,20,21);5-6H,2-4H2,1H3,(H,9,10)/t18-,19+,20?,21+;17-,18+,19?,20+;14-,15+,16?,17+;14?,15-;5-,6+/m11101/s1. The number of ether oxygens (including phenoxy) is 5. The second-order valence-electron chi connectivity index (χ2n) is 42.4. The van der Waals surface area contributed by atoms with Gasteiger partial charge in [0.2, 0.25) is 17.7 Å². The summed E-state index contributed by atoms with van der Waals surface area (Å²) in [7, 11) is 2.76. The molecule has 12 aliphatic carbocycles. The Morgan fingerprint density at radius 1 is 0.406 bits per heavy atom. The fourth-order valence-corrected chi connectivity index (χ4v) is 19.9. The number of carboxylic acid groups (broad SMARTS) is 3. The van der Waals surface area contributed by atoms with Gasteiger partial charge in [-0.25, -0.2) is 14.4 Å². The Morgan fingerprint density at radius 3 is 1.02 bits per heavy atom. The maximum absolute atomic E-state index is 13.3. The number of carboxylic acids is 3. The van der Waals surface area contributed by atoms with E-state index in [1.165, 1.54) is 42.9 Å². The van der Waals surface area contributed by atoms with Crippen molar-refractivity contribution in [3.8, 4) is 0 Å². The maximum atomic E-state index is 13.3. The molecule has 0 aliphatic heterocycles. The topological polar surface area (TPSA) is 441 Å². The second-order valence-corrected chi connectivity index (χ2v) is 42.4. The van der Waals surface area contributed by atoms with Crippen LogP contribution in [0.2, 0.25) is 0 Å². The number of carbonyl (C=O) groups is 8. The lowest BCUT2D eigenvalue weighted by molar-refractivity contribution is -0.146. The minimum atomic E-state index is -0.804. The molecule has 4 aromatic carbocycles. The van der Waals surface area contributed by atoms with Crippen LogP contribution in [-0.4, -0.2) is 201 Å². The second kappa shape index (κ2) is 39.7. The van der Waals surface area contributed by atoms with Gasteiger partial charge in [-0.15, -0.1) is 0 Å². The summed E-state index contributed by atoms with van der Waals surface area (Å²) in [5.74, 6) is 1.78. The normalized spacial score (nSPS) is 27.5. The van der Waals surface area contributed by atoms with Crippen molar-refractivity contribution in [2.45, 2.75) is 315 Å². The van der Waals surface area contributed by atoms with E-state index in [-0.39, 0.29) is 118 Å². The number of carbonyl (C=O) groups excluding carboxylic acids is 5. The number of hydrogen-bond donors (Lipinski definition) is 6. The van der Waals surface area contributed by atoms with Crippen LogP contribution >= 0.6 is 0 Å². The van der Waals surface area contributed by atoms with Crippen LogP contribution in [0.25, 0.3) is 0 Å². The van der Waals surface area contributed by atoms with Gasteiger partial charge in [-0.05, 0) is 239 Å². The number of oxime groups is 1. The fourth-order valence-electron chi connectivity index (χ4n) is 19.9. The van der Waals surface area contributed by atoms with Crippen LogP contribution in [0.15, 0.2) is 140 Å². The van der Waals surface area contributed by atoms with Crippen LogP contribution in [0, 0.1) is 35.0 Å². The summed E-state index contributed by atoms with van der Waals surface area (Å²) < 4.78 is 43.5. The fraction of sp³-hybridized carbons (Fsp3) is 0.614. The molecule has 7 N–H and O–H groups in total. The molecule has 12 saturated carbocycles. The average molecular weight is 1830 g/mol. The number of aliphatic carboxylic acids is 3. The zero-order chi connectivity index (χ0) is 94.7. The van der Waals surface area contributed by atoms with Crippen molar-refractivity contribution in [2.24, 2.45) is 45.9 Å². The smallest absolute Gasteiger partial charge is 0.410 e. The van der Waals surface area contributed by atoms with Gasteiger partial charge in [-0.2, -0.15) is 15.0 Å². The van der Waals surface area contributed by atoms with Crippen LogP contribution in [0.1, 0.15) is 315 Å². The van der Waals surface area contributed by atoms with Crippen molar-refractivity contribution in [3.05, 3.63) is 179 Å². The number of amidine groups is 1. The van der Waals surface area contributed by atoms with Gasteiger partial charge < -0.3 is 83.5 Å². The van der Waals surface area contributed by atoms with Gasteiger partial charge in [-0.3, -0.25) is 24.0 Å². The van der Waals surface area contributed by atoms with Gasteiger partial charge in [0.25, 0.3) is 0 Å². The number of nitrogens with zero attached hydrogens (tertiary/aromatic N) is 10. The monoisotopic (exact) mass is 1830 g/mol. The highest BCUT2D eigenvalue weighted by atomic mass is 16.6. The highest BCUT2D eigenvalue weighted by Crippen LogP contribution is 2.57. The summed E-state index contributed by atoms with van der Waals surface area (Å²) in [5, 5.41) is 56.0. The van der Waals surface area contributed by atoms with Crippen LogP contribution < -0.4 is 11.1 Å². The lowest BCUT2D eigenvalue weighted by atomic mass is 10.0. The minimum absolute atomic E-state index is 0.00833. The molecule has 32 heteroatoms. The lowest BCUT2D eigenvalue weighted by Crippen LogP contribution is -2.45. The summed E-state index contributed by atoms with van der Waals surface area (Å²) in [4.78, 5) is 115. The van der Waals surface area contributed by atoms with E-state index in [4.69, 9.17) is 58.5 Å². The molecule has 3 aromatic heterocycles. The molecule has 716 valence electrons. The Morgan fingerprint density at radius 2 is 0.707 bits per heavy atom. The SMILES string of the molecule is CC(C)(C)OC(=O)N(CC1(C(N)=NO)CC1)[C@H]1CC1c1ccccc1.CC(C)(C)OC(=O)N(CC1(c2noc([C@@H]3CC[C@H](C(=O)O)C3)n2)CC1)[C@H]1CC1c1ccccc1.COC(=O)[C@H]1CC[C@@H](C(=O)O)C1.COC(=O)[C@H]1CC[C@@H](c2nc(C3(CN(C(=O)OC(C)(C)C)[C@H]4CC4c4ccccc4)CC3)no2)C1.O=C(O)[C@H]1CC[C@@H](c2nc(C3(CN[C@H]4CC4c4ccccc4)CC3)no2)C1. The first-order valence-electron chi connectivity index (χ1n) is 47.7. The Balaban J connectivity index is 0.000000131. The first-order valence-corrected chi connectivity index (χ1v) is 47.7. The summed E-state index contributed by atoms with van der Waals surface area (Å²) in [6, 6.07) is 42.4. The molecule has 19 rings (SSSR count). The Hall–Kier alpha value is -11.3. The third kappa shape index (κ3) is 24.1. The molecule has 32 nitrogen and oxygen atoms in total. The largest absolute Gasteiger partial charge is 0.481 e. The zero-order valence-electron chi connectivity index (χ0n) is 78.5. The van der Waals surface area contributed by atoms with Gasteiger partial charge >= 0.3 is 48.1 Å². The van der Waals surface area contributed by atoms with E-state index in [0.717, 1.165) is 109 Å². The molecule has 12 fully saturated rings. The molecule has 0 bridgehead atoms. The van der Waals surface area contributed by atoms with Crippen molar-refractivity contribution in [3.63, 3.8) is 0 Å². The third-order valence-electron chi connectivity index (χ3n) is 28.9. The van der Waals surface area contributed by atoms with Gasteiger partial charge in [0, 0.05) is 103 Å². The molecule has 133 heavy (non-hydrogen) atoms. The lowest BCUT2D eigenvalue weighted by Gasteiger charge is -2.30. The quantitative estimate of drug-likeness (QED) is 0.00662. The van der Waals surface area contributed by atoms with Gasteiger partial charge in [0.1, 0.15) is 22.6 Å². The molecule has 3 heterocycles. The van der Waals surface area contributed by atoms with E-state index in [0.29, 0.717) is 130 Å². The van der Waals surface area contributed by atoms with E-state index in [2.05, 4.69) is 102 Å². The van der Waals surface area contributed by atoms with Crippen molar-refractivity contribution in [1.82, 2.24) is 50.4 Å². The highest BCUT2D eigenvalue weighted by molar-refractivity contribution is 5.89. The predicted octanol–water partition coefficient (Wildman–Crippen LogP) is 17.0. The molecule has 0 saturated heterocycles. The maximum Gasteiger partial charge on any atom is 0.410 e. The summed E-state index contributed by atoms with van der Waals surface area (Å²) >= 11 is 0. The van der Waals surface area contributed by atoms with Crippen molar-refractivity contribution in [2.75, 3.05) is 40.4 Å². The first-order chi connectivity index (χ1) is 63.4. The number of nitrogens with one attached hydrogen (secondary N) is 1. The molecular formula is C101H132N12O20. The highest BCUT2D eigenvalue weighted by Gasteiger charge is 2.60. The number of benzene rings is 4. The average Bonchev–Trinajstić information content (AvgIpc) is 1.58. The van der Waals surface area contributed by atoms with E-state index in [9.17, 15) is 48.6 Å². The minimum Gasteiger partial charge on any atom is -0.481 e. The summed E-state index contributed by atoms with van der Waals surface area (Å²) in [5.41, 5.74) is 8.28. The van der Waals surface area contributed by atoms with Crippen LogP contribution in [-0.2, 0) is 63.9 Å².